The first kappa shape index (κ1) is 15.8. The van der Waals surface area contributed by atoms with Crippen LogP contribution in [0, 0.1) is 29.9 Å². The smallest absolute Gasteiger partial charge is 0.127 e. The first-order valence-electron chi connectivity index (χ1n) is 6.74. The molecule has 0 N–H and O–H groups in total. The van der Waals surface area contributed by atoms with Gasteiger partial charge in [-0.2, -0.15) is 0 Å². The van der Waals surface area contributed by atoms with Crippen LogP contribution in [0.1, 0.15) is 16.7 Å². The summed E-state index contributed by atoms with van der Waals surface area (Å²) in [5.74, 6) is 6.69. The van der Waals surface area contributed by atoms with Gasteiger partial charge in [-0.15, -0.1) is 11.1 Å². The third kappa shape index (κ3) is 5.97. The van der Waals surface area contributed by atoms with E-state index in [2.05, 4.69) is 87.3 Å². The summed E-state index contributed by atoms with van der Waals surface area (Å²) in [7, 11) is -2.64. The van der Waals surface area contributed by atoms with Crippen LogP contribution in [-0.4, -0.2) is 16.1 Å². The van der Waals surface area contributed by atoms with Crippen LogP contribution in [0.5, 0.6) is 0 Å². The quantitative estimate of drug-likeness (QED) is 0.487. The molecule has 0 unspecified atom stereocenters. The van der Waals surface area contributed by atoms with Gasteiger partial charge in [-0.05, 0) is 24.6 Å². The number of hydrogen-bond donors (Lipinski definition) is 0. The van der Waals surface area contributed by atoms with Crippen molar-refractivity contribution in [1.82, 2.24) is 0 Å². The zero-order valence-corrected chi connectivity index (χ0v) is 15.2. The molecule has 19 heavy (non-hydrogen) atoms. The van der Waals surface area contributed by atoms with Gasteiger partial charge in [0.2, 0.25) is 0 Å². The maximum atomic E-state index is 3.43. The van der Waals surface area contributed by atoms with Gasteiger partial charge in [0.05, 0.1) is 0 Å². The van der Waals surface area contributed by atoms with E-state index in [9.17, 15) is 0 Å². The summed E-state index contributed by atoms with van der Waals surface area (Å²) < 4.78 is 0. The first-order valence-corrected chi connectivity index (χ1v) is 13.7. The molecule has 0 spiro atoms. The zero-order chi connectivity index (χ0) is 14.7. The van der Waals surface area contributed by atoms with Crippen molar-refractivity contribution in [3.63, 3.8) is 0 Å². The van der Waals surface area contributed by atoms with Crippen molar-refractivity contribution in [2.24, 2.45) is 0 Å². The van der Waals surface area contributed by atoms with Crippen molar-refractivity contribution < 1.29 is 0 Å². The summed E-state index contributed by atoms with van der Waals surface area (Å²) in [5.41, 5.74) is 10.3. The topological polar surface area (TPSA) is 0 Å². The molecule has 0 aliphatic heterocycles. The Labute approximate surface area is 120 Å². The first-order chi connectivity index (χ1) is 8.58. The molecule has 0 fully saturated rings. The Kier molecular flexibility index (Phi) is 4.85. The Bertz CT molecular complexity index is 526. The Morgan fingerprint density at radius 1 is 0.737 bits per heavy atom. The average molecular weight is 285 g/mol. The van der Waals surface area contributed by atoms with E-state index in [4.69, 9.17) is 0 Å². The molecule has 0 aromatic heterocycles. The van der Waals surface area contributed by atoms with Crippen LogP contribution in [0.25, 0.3) is 0 Å². The molecule has 1 aromatic rings. The molecule has 1 aromatic carbocycles. The van der Waals surface area contributed by atoms with E-state index in [-0.39, 0.29) is 0 Å². The van der Waals surface area contributed by atoms with Crippen LogP contribution in [0.15, 0.2) is 18.2 Å². The van der Waals surface area contributed by atoms with Gasteiger partial charge in [-0.25, -0.2) is 0 Å². The summed E-state index contributed by atoms with van der Waals surface area (Å²) >= 11 is 0. The van der Waals surface area contributed by atoms with Crippen molar-refractivity contribution in [2.45, 2.75) is 46.2 Å². The van der Waals surface area contributed by atoms with Crippen LogP contribution in [0.4, 0.5) is 0 Å². The molecule has 0 aliphatic rings. The van der Waals surface area contributed by atoms with Gasteiger partial charge in [0, 0.05) is 11.1 Å². The second-order valence-corrected chi connectivity index (χ2v) is 16.5. The molecule has 2 heteroatoms. The highest BCUT2D eigenvalue weighted by molar-refractivity contribution is 6.84. The summed E-state index contributed by atoms with van der Waals surface area (Å²) in [6.07, 6.45) is 0. The van der Waals surface area contributed by atoms with E-state index in [0.29, 0.717) is 0 Å². The molecule has 0 bridgehead atoms. The molecular weight excluding hydrogens is 260 g/mol. The lowest BCUT2D eigenvalue weighted by Crippen LogP contribution is -2.16. The van der Waals surface area contributed by atoms with E-state index in [0.717, 1.165) is 11.1 Å². The lowest BCUT2D eigenvalue weighted by molar-refractivity contribution is 1.40. The molecule has 0 heterocycles. The second-order valence-electron chi connectivity index (χ2n) is 6.98. The summed E-state index contributed by atoms with van der Waals surface area (Å²) in [5, 5.41) is 0. The van der Waals surface area contributed by atoms with Gasteiger partial charge in [0.15, 0.2) is 0 Å². The van der Waals surface area contributed by atoms with Gasteiger partial charge < -0.3 is 0 Å². The van der Waals surface area contributed by atoms with Gasteiger partial charge in [-0.3, -0.25) is 0 Å². The largest absolute Gasteiger partial charge is 0.129 e. The van der Waals surface area contributed by atoms with Crippen LogP contribution in [0.2, 0.25) is 39.3 Å². The number of hydrogen-bond acceptors (Lipinski definition) is 0. The van der Waals surface area contributed by atoms with Crippen molar-refractivity contribution in [1.29, 1.82) is 0 Å². The van der Waals surface area contributed by atoms with Gasteiger partial charge in [0.1, 0.15) is 16.1 Å². The fourth-order valence-corrected chi connectivity index (χ4v) is 2.44. The van der Waals surface area contributed by atoms with Gasteiger partial charge >= 0.3 is 0 Å². The van der Waals surface area contributed by atoms with E-state index >= 15 is 0 Å². The molecule has 0 radical (unpaired) electrons. The van der Waals surface area contributed by atoms with Crippen LogP contribution >= 0.6 is 0 Å². The molecule has 0 aliphatic carbocycles. The van der Waals surface area contributed by atoms with Crippen molar-refractivity contribution >= 4 is 16.1 Å². The summed E-state index contributed by atoms with van der Waals surface area (Å²) in [6.45, 7) is 15.7. The second kappa shape index (κ2) is 5.82. The molecule has 100 valence electrons. The van der Waals surface area contributed by atoms with E-state index in [1.807, 2.05) is 0 Å². The summed E-state index contributed by atoms with van der Waals surface area (Å²) in [4.78, 5) is 0. The Morgan fingerprint density at radius 3 is 1.42 bits per heavy atom. The molecule has 0 atom stereocenters. The monoisotopic (exact) mass is 284 g/mol. The zero-order valence-electron chi connectivity index (χ0n) is 13.2. The highest BCUT2D eigenvalue weighted by atomic mass is 28.3. The summed E-state index contributed by atoms with van der Waals surface area (Å²) in [6, 6.07) is 6.26. The Hall–Kier alpha value is -1.23. The van der Waals surface area contributed by atoms with Crippen molar-refractivity contribution in [3.8, 4) is 22.9 Å². The minimum Gasteiger partial charge on any atom is -0.127 e. The Morgan fingerprint density at radius 2 is 1.11 bits per heavy atom. The molecule has 0 saturated carbocycles. The number of benzene rings is 1. The minimum absolute atomic E-state index is 1.13. The normalized spacial score (nSPS) is 11.1. The van der Waals surface area contributed by atoms with Crippen molar-refractivity contribution in [3.05, 3.63) is 34.9 Å². The molecule has 1 rings (SSSR count). The van der Waals surface area contributed by atoms with Crippen LogP contribution in [-0.2, 0) is 0 Å². The third-order valence-corrected chi connectivity index (χ3v) is 4.23. The van der Waals surface area contributed by atoms with Crippen LogP contribution in [0.3, 0.4) is 0 Å². The maximum absolute atomic E-state index is 3.43. The van der Waals surface area contributed by atoms with E-state index in [1.165, 1.54) is 5.56 Å². The van der Waals surface area contributed by atoms with Crippen LogP contribution < -0.4 is 0 Å². The highest BCUT2D eigenvalue weighted by Crippen LogP contribution is 2.13. The van der Waals surface area contributed by atoms with Crippen molar-refractivity contribution in [2.75, 3.05) is 0 Å². The predicted molar refractivity (Wildman–Crippen MR) is 91.6 cm³/mol. The molecular formula is C17H24Si2. The highest BCUT2D eigenvalue weighted by Gasteiger charge is 2.09. The lowest BCUT2D eigenvalue weighted by atomic mass is 10.0. The van der Waals surface area contributed by atoms with E-state index < -0.39 is 16.1 Å². The molecule has 0 amide bonds. The minimum atomic E-state index is -1.32. The van der Waals surface area contributed by atoms with E-state index in [1.54, 1.807) is 0 Å². The maximum Gasteiger partial charge on any atom is 0.129 e. The fraction of sp³-hybridized carbons (Fsp3) is 0.412. The van der Waals surface area contributed by atoms with Gasteiger partial charge in [-0.1, -0.05) is 57.2 Å². The Balaban J connectivity index is 3.18. The predicted octanol–water partition coefficient (Wildman–Crippen LogP) is 4.45. The standard InChI is InChI=1S/C17H24Si2/c1-15-16(11-13-18(2,3)4)9-8-10-17(15)12-14-19(5,6)7/h8-10H,1-7H3. The average Bonchev–Trinajstić information content (AvgIpc) is 2.23. The molecule has 0 nitrogen and oxygen atoms in total. The number of rotatable bonds is 0. The lowest BCUT2D eigenvalue weighted by Gasteiger charge is -2.06. The SMILES string of the molecule is Cc1c(C#C[Si](C)(C)C)cccc1C#C[Si](C)(C)C. The fourth-order valence-electron chi connectivity index (χ4n) is 1.42. The van der Waals surface area contributed by atoms with Gasteiger partial charge in [0.25, 0.3) is 0 Å². The third-order valence-electron chi connectivity index (χ3n) is 2.48. The molecule has 0 saturated heterocycles.